The van der Waals surface area contributed by atoms with Crippen molar-refractivity contribution in [3.8, 4) is 39.6 Å². The van der Waals surface area contributed by atoms with Crippen molar-refractivity contribution >= 4 is 66.5 Å². The van der Waals surface area contributed by atoms with Crippen LogP contribution in [0.4, 0.5) is 22.7 Å². The number of para-hydroxylation sites is 1. The van der Waals surface area contributed by atoms with Crippen molar-refractivity contribution in [2.24, 2.45) is 0 Å². The molecule has 11 aromatic rings. The molecule has 0 N–H and O–H groups in total. The molecule has 0 amide bonds. The second-order valence-corrected chi connectivity index (χ2v) is 24.8. The van der Waals surface area contributed by atoms with Crippen molar-refractivity contribution in [1.29, 1.82) is 0 Å². The van der Waals surface area contributed by atoms with E-state index in [2.05, 4.69) is 250 Å². The third-order valence-electron chi connectivity index (χ3n) is 15.1. The number of rotatable bonds is 7. The van der Waals surface area contributed by atoms with Crippen LogP contribution < -0.4 is 14.5 Å². The molecule has 8 aromatic carbocycles. The molecule has 0 radical (unpaired) electrons. The van der Waals surface area contributed by atoms with E-state index >= 15 is 0 Å². The Morgan fingerprint density at radius 2 is 1.08 bits per heavy atom. The first-order valence-electron chi connectivity index (χ1n) is 26.6. The molecule has 0 saturated heterocycles. The molecule has 1 aliphatic heterocycles. The maximum Gasteiger partial charge on any atom is 0.136 e. The van der Waals surface area contributed by atoms with Crippen molar-refractivity contribution in [3.05, 3.63) is 211 Å². The van der Waals surface area contributed by atoms with Gasteiger partial charge in [-0.2, -0.15) is 12.1 Å². The van der Waals surface area contributed by atoms with Crippen molar-refractivity contribution in [2.75, 3.05) is 9.80 Å². The van der Waals surface area contributed by atoms with Crippen LogP contribution in [-0.2, 0) is 42.7 Å². The van der Waals surface area contributed by atoms with Gasteiger partial charge in [-0.3, -0.25) is 0 Å². The SMILES string of the molecule is CC(C)(C)c1cc(N2[CH-]N(c3[c-]c(Oc4[c-]c5c(cc4)c4cc(-c6cccc(-c7ccc8c(c7)oc7ccccc78)c6)ccc4n5-c4cc(C(C)(C)C)ccn4)ccc3)c3ccc(C(C)(C)C)cc32)cc(C(C)(C)C)c1.[Pt]. The van der Waals surface area contributed by atoms with Crippen LogP contribution >= 0.6 is 0 Å². The van der Waals surface area contributed by atoms with E-state index in [1.807, 2.05) is 36.5 Å². The summed E-state index contributed by atoms with van der Waals surface area (Å²) < 4.78 is 15.3. The van der Waals surface area contributed by atoms with Gasteiger partial charge in [0.1, 0.15) is 17.0 Å². The van der Waals surface area contributed by atoms with E-state index in [1.165, 1.54) is 22.3 Å². The number of fused-ring (bicyclic) bond motifs is 7. The number of pyridine rings is 1. The Balaban J connectivity index is 0.00000631. The Labute approximate surface area is 468 Å². The minimum atomic E-state index is -0.0760. The van der Waals surface area contributed by atoms with Crippen LogP contribution in [0.5, 0.6) is 11.5 Å². The van der Waals surface area contributed by atoms with Gasteiger partial charge in [0.15, 0.2) is 0 Å². The summed E-state index contributed by atoms with van der Waals surface area (Å²) in [5, 5.41) is 4.41. The maximum absolute atomic E-state index is 6.81. The molecule has 0 aliphatic carbocycles. The van der Waals surface area contributed by atoms with Crippen LogP contribution in [0.1, 0.15) is 105 Å². The molecule has 6 nitrogen and oxygen atoms in total. The zero-order valence-corrected chi connectivity index (χ0v) is 48.4. The Bertz CT molecular complexity index is 4040. The molecule has 12 rings (SSSR count). The average molecular weight is 1190 g/mol. The zero-order chi connectivity index (χ0) is 53.1. The predicted molar refractivity (Wildman–Crippen MR) is 317 cm³/mol. The first-order valence-corrected chi connectivity index (χ1v) is 26.6. The summed E-state index contributed by atoms with van der Waals surface area (Å²) in [7, 11) is 0. The number of benzene rings is 8. The summed E-state index contributed by atoms with van der Waals surface area (Å²) in [4.78, 5) is 9.59. The van der Waals surface area contributed by atoms with E-state index in [0.29, 0.717) is 11.5 Å². The van der Waals surface area contributed by atoms with Gasteiger partial charge in [-0.15, -0.1) is 48.1 Å². The fraction of sp³-hybridized carbons (Fsp3) is 0.229. The number of ether oxygens (including phenoxy) is 1. The largest absolute Gasteiger partial charge is 0.509 e. The van der Waals surface area contributed by atoms with E-state index in [-0.39, 0.29) is 42.7 Å². The predicted octanol–water partition coefficient (Wildman–Crippen LogP) is 19.4. The third kappa shape index (κ3) is 9.65. The van der Waals surface area contributed by atoms with E-state index in [1.54, 1.807) is 0 Å². The summed E-state index contributed by atoms with van der Waals surface area (Å²) in [5.41, 5.74) is 17.3. The average Bonchev–Trinajstić information content (AvgIpc) is 4.07. The fourth-order valence-corrected chi connectivity index (χ4v) is 10.6. The molecule has 0 fully saturated rings. The van der Waals surface area contributed by atoms with Crippen molar-refractivity contribution in [2.45, 2.75) is 105 Å². The summed E-state index contributed by atoms with van der Waals surface area (Å²) >= 11 is 0. The quantitative estimate of drug-likeness (QED) is 0.149. The second-order valence-electron chi connectivity index (χ2n) is 24.8. The molecule has 0 bridgehead atoms. The van der Waals surface area contributed by atoms with Gasteiger partial charge in [0.2, 0.25) is 0 Å². The van der Waals surface area contributed by atoms with Crippen LogP contribution in [0.3, 0.4) is 0 Å². The molecule has 3 aromatic heterocycles. The number of anilines is 4. The topological polar surface area (TPSA) is 46.7 Å². The first kappa shape index (κ1) is 51.7. The van der Waals surface area contributed by atoms with Gasteiger partial charge in [-0.25, -0.2) is 4.98 Å². The van der Waals surface area contributed by atoms with Gasteiger partial charge >= 0.3 is 0 Å². The van der Waals surface area contributed by atoms with E-state index in [9.17, 15) is 0 Å². The van der Waals surface area contributed by atoms with Crippen molar-refractivity contribution < 1.29 is 30.2 Å². The molecular weight excluding hydrogens is 1120 g/mol. The summed E-state index contributed by atoms with van der Waals surface area (Å²) in [6.07, 6.45) is 1.92. The molecule has 77 heavy (non-hydrogen) atoms. The van der Waals surface area contributed by atoms with E-state index < -0.39 is 0 Å². The third-order valence-corrected chi connectivity index (χ3v) is 15.1. The normalized spacial score (nSPS) is 13.2. The fourth-order valence-electron chi connectivity index (χ4n) is 10.6. The molecule has 0 spiro atoms. The molecule has 7 heteroatoms. The molecule has 390 valence electrons. The van der Waals surface area contributed by atoms with Gasteiger partial charge in [0.05, 0.1) is 0 Å². The van der Waals surface area contributed by atoms with Crippen molar-refractivity contribution in [1.82, 2.24) is 9.55 Å². The van der Waals surface area contributed by atoms with Crippen LogP contribution in [-0.4, -0.2) is 9.55 Å². The molecule has 0 unspecified atom stereocenters. The molecule has 0 atom stereocenters. The molecular formula is C70H65N4O2Pt-3. The van der Waals surface area contributed by atoms with Crippen LogP contribution in [0, 0.1) is 18.8 Å². The first-order chi connectivity index (χ1) is 36.1. The smallest absolute Gasteiger partial charge is 0.136 e. The van der Waals surface area contributed by atoms with Crippen LogP contribution in [0.2, 0.25) is 0 Å². The summed E-state index contributed by atoms with van der Waals surface area (Å²) in [6.45, 7) is 29.5. The Hall–Kier alpha value is -7.40. The summed E-state index contributed by atoms with van der Waals surface area (Å²) in [6, 6.07) is 66.2. The maximum atomic E-state index is 6.81. The number of furan rings is 1. The molecule has 0 saturated carbocycles. The van der Waals surface area contributed by atoms with E-state index in [4.69, 9.17) is 14.1 Å². The standard InChI is InChI=1S/C70H65N4O2.Pt/c1-67(2,3)48-25-30-61-63(39-48)73(53-37-50(69(7,8)9)36-51(38-53)70(10,11)12)43-72(61)52-19-16-20-54(41-52)75-55-26-28-56-59-34-46(24-29-60(59)74(62(56)42-55)66-40-49(31-32-71-66)68(4,5)6)44-17-15-18-45(33-44)47-23-27-58-57-21-13-14-22-64(57)76-65(58)35-47;/h13-40,43H,1-12H3;/q-3;. The molecule has 1 aliphatic rings. The van der Waals surface area contributed by atoms with Gasteiger partial charge in [0.25, 0.3) is 0 Å². The van der Waals surface area contributed by atoms with Crippen molar-refractivity contribution in [3.63, 3.8) is 0 Å². The van der Waals surface area contributed by atoms with Gasteiger partial charge in [-0.05, 0) is 138 Å². The van der Waals surface area contributed by atoms with Gasteiger partial charge in [-0.1, -0.05) is 155 Å². The Morgan fingerprint density at radius 3 is 1.81 bits per heavy atom. The Morgan fingerprint density at radius 1 is 0.455 bits per heavy atom. The van der Waals surface area contributed by atoms with Gasteiger partial charge < -0.3 is 23.5 Å². The number of nitrogens with zero attached hydrogens (tertiary/aromatic N) is 4. The van der Waals surface area contributed by atoms with Crippen LogP contribution in [0.15, 0.2) is 174 Å². The minimum Gasteiger partial charge on any atom is -0.509 e. The number of hydrogen-bond acceptors (Lipinski definition) is 5. The zero-order valence-electron chi connectivity index (χ0n) is 46.2. The van der Waals surface area contributed by atoms with E-state index in [0.717, 1.165) is 94.6 Å². The van der Waals surface area contributed by atoms with Crippen LogP contribution in [0.25, 0.3) is 71.8 Å². The number of aromatic nitrogens is 2. The number of hydrogen-bond donors (Lipinski definition) is 0. The second kappa shape index (κ2) is 19.0. The monoisotopic (exact) mass is 1190 g/mol. The minimum absolute atomic E-state index is 0. The van der Waals surface area contributed by atoms with Gasteiger partial charge in [0, 0.05) is 72.1 Å². The summed E-state index contributed by atoms with van der Waals surface area (Å²) in [5.74, 6) is 2.01. The Kier molecular flexibility index (Phi) is 12.7. The molecule has 4 heterocycles.